The number of fused-ring (bicyclic) bond motifs is 1. The molecule has 0 aliphatic carbocycles. The first kappa shape index (κ1) is 11.7. The van der Waals surface area contributed by atoms with Crippen LogP contribution in [0.15, 0.2) is 18.2 Å². The van der Waals surface area contributed by atoms with Gasteiger partial charge in [-0.05, 0) is 43.0 Å². The van der Waals surface area contributed by atoms with Gasteiger partial charge in [-0.1, -0.05) is 13.0 Å². The summed E-state index contributed by atoms with van der Waals surface area (Å²) in [7, 11) is 0. The molecule has 0 spiro atoms. The molecule has 2 N–H and O–H groups in total. The van der Waals surface area contributed by atoms with Gasteiger partial charge in [0.25, 0.3) is 0 Å². The largest absolute Gasteiger partial charge is 0.481 e. The van der Waals surface area contributed by atoms with Gasteiger partial charge in [-0.2, -0.15) is 0 Å². The predicted molar refractivity (Wildman–Crippen MR) is 68.4 cm³/mol. The van der Waals surface area contributed by atoms with Gasteiger partial charge in [0.15, 0.2) is 0 Å². The summed E-state index contributed by atoms with van der Waals surface area (Å²) in [6.07, 6.45) is 1.76. The molecule has 0 amide bonds. The van der Waals surface area contributed by atoms with E-state index < -0.39 is 5.97 Å². The minimum absolute atomic E-state index is 0.175. The molecule has 0 saturated carbocycles. The third kappa shape index (κ3) is 2.33. The molecule has 3 heteroatoms. The molecular weight excluding hydrogens is 214 g/mol. The lowest BCUT2D eigenvalue weighted by Gasteiger charge is -1.98. The van der Waals surface area contributed by atoms with E-state index in [1.54, 1.807) is 0 Å². The van der Waals surface area contributed by atoms with E-state index >= 15 is 0 Å². The molecule has 0 aliphatic heterocycles. The van der Waals surface area contributed by atoms with Crippen molar-refractivity contribution >= 4 is 16.9 Å². The summed E-state index contributed by atoms with van der Waals surface area (Å²) in [5.41, 5.74) is 4.62. The van der Waals surface area contributed by atoms with Crippen molar-refractivity contribution in [1.29, 1.82) is 0 Å². The molecule has 0 atom stereocenters. The van der Waals surface area contributed by atoms with Crippen LogP contribution in [0.5, 0.6) is 0 Å². The molecule has 3 nitrogen and oxygen atoms in total. The first-order valence-electron chi connectivity index (χ1n) is 5.93. The average Bonchev–Trinajstić information content (AvgIpc) is 2.63. The normalized spacial score (nSPS) is 10.9. The number of nitrogens with one attached hydrogen (secondary N) is 1. The van der Waals surface area contributed by atoms with E-state index in [1.165, 1.54) is 16.5 Å². The van der Waals surface area contributed by atoms with E-state index in [-0.39, 0.29) is 6.42 Å². The van der Waals surface area contributed by atoms with Crippen LogP contribution in [0.4, 0.5) is 0 Å². The number of benzene rings is 1. The number of rotatable bonds is 4. The number of aromatic nitrogens is 1. The van der Waals surface area contributed by atoms with Crippen LogP contribution in [0, 0.1) is 6.92 Å². The fraction of sp³-hybridized carbons (Fsp3) is 0.357. The van der Waals surface area contributed by atoms with Gasteiger partial charge in [-0.25, -0.2) is 0 Å². The Balaban J connectivity index is 2.38. The Morgan fingerprint density at radius 1 is 1.41 bits per heavy atom. The van der Waals surface area contributed by atoms with E-state index in [4.69, 9.17) is 5.11 Å². The van der Waals surface area contributed by atoms with Crippen LogP contribution in [0.2, 0.25) is 0 Å². The predicted octanol–water partition coefficient (Wildman–Crippen LogP) is 3.06. The van der Waals surface area contributed by atoms with E-state index in [2.05, 4.69) is 37.0 Å². The van der Waals surface area contributed by atoms with Gasteiger partial charge in [-0.15, -0.1) is 0 Å². The quantitative estimate of drug-likeness (QED) is 0.849. The second-order valence-corrected chi connectivity index (χ2v) is 4.36. The Labute approximate surface area is 100 Å². The third-order valence-electron chi connectivity index (χ3n) is 3.22. The van der Waals surface area contributed by atoms with Crippen molar-refractivity contribution in [1.82, 2.24) is 4.98 Å². The molecule has 0 fully saturated rings. The van der Waals surface area contributed by atoms with E-state index in [0.717, 1.165) is 17.6 Å². The summed E-state index contributed by atoms with van der Waals surface area (Å²) in [6.45, 7) is 4.18. The maximum Gasteiger partial charge on any atom is 0.303 e. The number of aliphatic carboxylic acids is 1. The minimum atomic E-state index is -0.752. The lowest BCUT2D eigenvalue weighted by molar-refractivity contribution is -0.136. The monoisotopic (exact) mass is 231 g/mol. The van der Waals surface area contributed by atoms with Gasteiger partial charge in [0.1, 0.15) is 0 Å². The first-order chi connectivity index (χ1) is 8.11. The topological polar surface area (TPSA) is 53.1 Å². The molecule has 0 bridgehead atoms. The molecule has 90 valence electrons. The lowest BCUT2D eigenvalue weighted by Crippen LogP contribution is -1.98. The van der Waals surface area contributed by atoms with Gasteiger partial charge in [0.05, 0.1) is 6.42 Å². The summed E-state index contributed by atoms with van der Waals surface area (Å²) in [5, 5.41) is 9.92. The molecule has 0 aliphatic rings. The van der Waals surface area contributed by atoms with Gasteiger partial charge in [0, 0.05) is 16.6 Å². The second-order valence-electron chi connectivity index (χ2n) is 4.36. The SMILES string of the molecule is CCc1ccc2[nH]c(CCC(=O)O)c(C)c2c1. The maximum absolute atomic E-state index is 10.6. The van der Waals surface area contributed by atoms with E-state index in [0.29, 0.717) is 6.42 Å². The number of hydrogen-bond acceptors (Lipinski definition) is 1. The van der Waals surface area contributed by atoms with Crippen LogP contribution in [-0.2, 0) is 17.6 Å². The summed E-state index contributed by atoms with van der Waals surface area (Å²) in [5.74, 6) is -0.752. The number of carbonyl (C=O) groups is 1. The smallest absolute Gasteiger partial charge is 0.303 e. The third-order valence-corrected chi connectivity index (χ3v) is 3.22. The van der Waals surface area contributed by atoms with Crippen LogP contribution in [0.1, 0.15) is 30.2 Å². The molecule has 0 unspecified atom stereocenters. The highest BCUT2D eigenvalue weighted by atomic mass is 16.4. The first-order valence-corrected chi connectivity index (χ1v) is 5.93. The number of aryl methyl sites for hydroxylation is 3. The molecule has 1 aromatic carbocycles. The highest BCUT2D eigenvalue weighted by Gasteiger charge is 2.09. The van der Waals surface area contributed by atoms with Crippen molar-refractivity contribution < 1.29 is 9.90 Å². The van der Waals surface area contributed by atoms with E-state index in [1.807, 2.05) is 0 Å². The Morgan fingerprint density at radius 3 is 2.82 bits per heavy atom. The Morgan fingerprint density at radius 2 is 2.18 bits per heavy atom. The fourth-order valence-corrected chi connectivity index (χ4v) is 2.13. The van der Waals surface area contributed by atoms with Gasteiger partial charge >= 0.3 is 5.97 Å². The van der Waals surface area contributed by atoms with Crippen molar-refractivity contribution in [3.05, 3.63) is 35.0 Å². The Kier molecular flexibility index (Phi) is 3.18. The van der Waals surface area contributed by atoms with Crippen LogP contribution in [0.25, 0.3) is 10.9 Å². The number of H-pyrrole nitrogens is 1. The minimum Gasteiger partial charge on any atom is -0.481 e. The standard InChI is InChI=1S/C14H17NO2/c1-3-10-4-5-13-11(8-10)9(2)12(15-13)6-7-14(16)17/h4-5,8,15H,3,6-7H2,1-2H3,(H,16,17). The molecule has 0 radical (unpaired) electrons. The van der Waals surface area contributed by atoms with Crippen molar-refractivity contribution in [2.45, 2.75) is 33.1 Å². The van der Waals surface area contributed by atoms with Crippen LogP contribution in [-0.4, -0.2) is 16.1 Å². The zero-order chi connectivity index (χ0) is 12.4. The van der Waals surface area contributed by atoms with Gasteiger partial charge in [0.2, 0.25) is 0 Å². The van der Waals surface area contributed by atoms with Crippen LogP contribution < -0.4 is 0 Å². The second kappa shape index (κ2) is 4.62. The molecule has 2 aromatic rings. The highest BCUT2D eigenvalue weighted by Crippen LogP contribution is 2.24. The number of hydrogen-bond donors (Lipinski definition) is 2. The highest BCUT2D eigenvalue weighted by molar-refractivity contribution is 5.85. The molecular formula is C14H17NO2. The fourth-order valence-electron chi connectivity index (χ4n) is 2.13. The van der Waals surface area contributed by atoms with Crippen molar-refractivity contribution in [3.63, 3.8) is 0 Å². The van der Waals surface area contributed by atoms with Gasteiger partial charge < -0.3 is 10.1 Å². The Bertz CT molecular complexity index is 555. The summed E-state index contributed by atoms with van der Waals surface area (Å²) in [6, 6.07) is 6.37. The zero-order valence-electron chi connectivity index (χ0n) is 10.2. The van der Waals surface area contributed by atoms with Gasteiger partial charge in [-0.3, -0.25) is 4.79 Å². The maximum atomic E-state index is 10.6. The van der Waals surface area contributed by atoms with Crippen LogP contribution in [0.3, 0.4) is 0 Å². The van der Waals surface area contributed by atoms with Crippen molar-refractivity contribution in [3.8, 4) is 0 Å². The molecule has 1 aromatic heterocycles. The summed E-state index contributed by atoms with van der Waals surface area (Å²) < 4.78 is 0. The van der Waals surface area contributed by atoms with Crippen molar-refractivity contribution in [2.75, 3.05) is 0 Å². The van der Waals surface area contributed by atoms with E-state index in [9.17, 15) is 4.79 Å². The number of carboxylic acid groups (broad SMARTS) is 1. The number of aromatic amines is 1. The lowest BCUT2D eigenvalue weighted by atomic mass is 10.1. The van der Waals surface area contributed by atoms with Crippen molar-refractivity contribution in [2.24, 2.45) is 0 Å². The average molecular weight is 231 g/mol. The summed E-state index contributed by atoms with van der Waals surface area (Å²) in [4.78, 5) is 13.9. The molecule has 0 saturated heterocycles. The molecule has 2 rings (SSSR count). The van der Waals surface area contributed by atoms with Crippen LogP contribution >= 0.6 is 0 Å². The zero-order valence-corrected chi connectivity index (χ0v) is 10.2. The summed E-state index contributed by atoms with van der Waals surface area (Å²) >= 11 is 0. The number of carboxylic acids is 1. The molecule has 1 heterocycles. The molecule has 17 heavy (non-hydrogen) atoms. The Hall–Kier alpha value is -1.77.